The molecule has 5 heteroatoms. The van der Waals surface area contributed by atoms with Gasteiger partial charge in [0.05, 0.1) is 6.10 Å². The molecule has 72 valence electrons. The molecule has 0 aliphatic carbocycles. The number of H-pyrrole nitrogens is 1. The van der Waals surface area contributed by atoms with Crippen LogP contribution in [0.3, 0.4) is 0 Å². The van der Waals surface area contributed by atoms with Crippen molar-refractivity contribution in [1.82, 2.24) is 9.97 Å². The lowest BCUT2D eigenvalue weighted by Crippen LogP contribution is -2.23. The molecule has 1 atom stereocenters. The molecule has 1 aromatic rings. The maximum Gasteiger partial charge on any atom is 0.290 e. The summed E-state index contributed by atoms with van der Waals surface area (Å²) in [4.78, 5) is 17.4. The van der Waals surface area contributed by atoms with Crippen molar-refractivity contribution in [1.29, 1.82) is 0 Å². The van der Waals surface area contributed by atoms with Crippen molar-refractivity contribution >= 4 is 5.82 Å². The van der Waals surface area contributed by atoms with Gasteiger partial charge in [-0.15, -0.1) is 0 Å². The molecule has 0 saturated heterocycles. The first kappa shape index (κ1) is 9.73. The smallest absolute Gasteiger partial charge is 0.290 e. The summed E-state index contributed by atoms with van der Waals surface area (Å²) in [5, 5.41) is 12.0. The first-order valence-electron chi connectivity index (χ1n) is 4.19. The van der Waals surface area contributed by atoms with Gasteiger partial charge in [0.25, 0.3) is 5.56 Å². The molecule has 0 aliphatic heterocycles. The zero-order valence-corrected chi connectivity index (χ0v) is 7.45. The first-order valence-corrected chi connectivity index (χ1v) is 4.19. The molecule has 0 aromatic carbocycles. The number of aromatic amines is 1. The van der Waals surface area contributed by atoms with Gasteiger partial charge in [-0.05, 0) is 6.42 Å². The van der Waals surface area contributed by atoms with Crippen LogP contribution in [0.2, 0.25) is 0 Å². The van der Waals surface area contributed by atoms with E-state index in [9.17, 15) is 9.90 Å². The number of anilines is 1. The summed E-state index contributed by atoms with van der Waals surface area (Å²) in [6.45, 7) is 2.21. The molecule has 5 nitrogen and oxygen atoms in total. The molecule has 1 unspecified atom stereocenters. The molecular formula is C8H13N3O2. The Labute approximate surface area is 75.8 Å². The number of aliphatic hydroxyl groups is 1. The third kappa shape index (κ3) is 2.87. The van der Waals surface area contributed by atoms with Gasteiger partial charge < -0.3 is 15.4 Å². The van der Waals surface area contributed by atoms with Crippen molar-refractivity contribution < 1.29 is 5.11 Å². The number of rotatable bonds is 4. The van der Waals surface area contributed by atoms with Gasteiger partial charge >= 0.3 is 0 Å². The van der Waals surface area contributed by atoms with E-state index >= 15 is 0 Å². The highest BCUT2D eigenvalue weighted by Gasteiger charge is 2.02. The Bertz CT molecular complexity index is 310. The number of hydrogen-bond acceptors (Lipinski definition) is 4. The van der Waals surface area contributed by atoms with Crippen molar-refractivity contribution in [2.75, 3.05) is 11.9 Å². The molecule has 0 bridgehead atoms. The third-order valence-corrected chi connectivity index (χ3v) is 1.68. The summed E-state index contributed by atoms with van der Waals surface area (Å²) >= 11 is 0. The van der Waals surface area contributed by atoms with Gasteiger partial charge in [-0.3, -0.25) is 4.79 Å². The molecule has 1 rings (SSSR count). The summed E-state index contributed by atoms with van der Waals surface area (Å²) in [5.41, 5.74) is -0.272. The van der Waals surface area contributed by atoms with E-state index in [1.54, 1.807) is 0 Å². The van der Waals surface area contributed by atoms with Crippen molar-refractivity contribution in [2.24, 2.45) is 0 Å². The monoisotopic (exact) mass is 183 g/mol. The number of nitrogens with zero attached hydrogens (tertiary/aromatic N) is 1. The number of nitrogens with one attached hydrogen (secondary N) is 2. The van der Waals surface area contributed by atoms with Crippen LogP contribution in [0.5, 0.6) is 0 Å². The fourth-order valence-corrected chi connectivity index (χ4v) is 0.836. The lowest BCUT2D eigenvalue weighted by Gasteiger charge is -2.08. The second kappa shape index (κ2) is 4.61. The fourth-order valence-electron chi connectivity index (χ4n) is 0.836. The molecule has 0 aliphatic rings. The minimum Gasteiger partial charge on any atom is -0.391 e. The SMILES string of the molecule is CCC(O)CNc1ncc[nH]c1=O. The maximum absolute atomic E-state index is 11.1. The maximum atomic E-state index is 11.1. The summed E-state index contributed by atoms with van der Waals surface area (Å²) < 4.78 is 0. The third-order valence-electron chi connectivity index (χ3n) is 1.68. The second-order valence-electron chi connectivity index (χ2n) is 2.71. The molecule has 1 aromatic heterocycles. The molecule has 0 amide bonds. The van der Waals surface area contributed by atoms with Gasteiger partial charge in [0.2, 0.25) is 0 Å². The highest BCUT2D eigenvalue weighted by Crippen LogP contribution is 1.93. The highest BCUT2D eigenvalue weighted by molar-refractivity contribution is 5.29. The molecule has 1 heterocycles. The van der Waals surface area contributed by atoms with Crippen molar-refractivity contribution in [2.45, 2.75) is 19.4 Å². The van der Waals surface area contributed by atoms with Gasteiger partial charge in [0.15, 0.2) is 5.82 Å². The van der Waals surface area contributed by atoms with Crippen LogP contribution in [-0.4, -0.2) is 27.7 Å². The Morgan fingerprint density at radius 1 is 1.77 bits per heavy atom. The van der Waals surface area contributed by atoms with E-state index in [1.165, 1.54) is 12.4 Å². The summed E-state index contributed by atoms with van der Waals surface area (Å²) in [6, 6.07) is 0. The van der Waals surface area contributed by atoms with E-state index in [0.717, 1.165) is 0 Å². The second-order valence-corrected chi connectivity index (χ2v) is 2.71. The Balaban J connectivity index is 2.55. The van der Waals surface area contributed by atoms with Gasteiger partial charge in [0.1, 0.15) is 0 Å². The number of aromatic nitrogens is 2. The molecule has 3 N–H and O–H groups in total. The highest BCUT2D eigenvalue weighted by atomic mass is 16.3. The van der Waals surface area contributed by atoms with E-state index in [1.807, 2.05) is 6.92 Å². The molecule has 13 heavy (non-hydrogen) atoms. The first-order chi connectivity index (χ1) is 6.24. The van der Waals surface area contributed by atoms with Crippen LogP contribution < -0.4 is 10.9 Å². The largest absolute Gasteiger partial charge is 0.391 e. The Kier molecular flexibility index (Phi) is 3.45. The molecule has 0 fully saturated rings. The van der Waals surface area contributed by atoms with Gasteiger partial charge in [0, 0.05) is 18.9 Å². The molecule has 0 saturated carbocycles. The van der Waals surface area contributed by atoms with Crippen LogP contribution in [0.15, 0.2) is 17.2 Å². The van der Waals surface area contributed by atoms with Gasteiger partial charge in [-0.2, -0.15) is 0 Å². The van der Waals surface area contributed by atoms with Crippen LogP contribution in [0, 0.1) is 0 Å². The number of hydrogen-bond donors (Lipinski definition) is 3. The van der Waals surface area contributed by atoms with Crippen molar-refractivity contribution in [3.05, 3.63) is 22.7 Å². The van der Waals surface area contributed by atoms with Crippen LogP contribution in [0.4, 0.5) is 5.82 Å². The van der Waals surface area contributed by atoms with Gasteiger partial charge in [-0.1, -0.05) is 6.92 Å². The molecular weight excluding hydrogens is 170 g/mol. The Morgan fingerprint density at radius 2 is 2.54 bits per heavy atom. The van der Waals surface area contributed by atoms with Crippen molar-refractivity contribution in [3.8, 4) is 0 Å². The summed E-state index contributed by atoms with van der Waals surface area (Å²) in [7, 11) is 0. The average molecular weight is 183 g/mol. The fraction of sp³-hybridized carbons (Fsp3) is 0.500. The number of aliphatic hydroxyl groups excluding tert-OH is 1. The van der Waals surface area contributed by atoms with Gasteiger partial charge in [-0.25, -0.2) is 4.98 Å². The van der Waals surface area contributed by atoms with E-state index in [4.69, 9.17) is 0 Å². The van der Waals surface area contributed by atoms with Crippen LogP contribution in [0.25, 0.3) is 0 Å². The van der Waals surface area contributed by atoms with E-state index in [2.05, 4.69) is 15.3 Å². The normalized spacial score (nSPS) is 12.5. The molecule has 0 radical (unpaired) electrons. The quantitative estimate of drug-likeness (QED) is 0.611. The average Bonchev–Trinajstić information content (AvgIpc) is 2.16. The Hall–Kier alpha value is -1.36. The predicted molar refractivity (Wildman–Crippen MR) is 49.6 cm³/mol. The zero-order valence-electron chi connectivity index (χ0n) is 7.45. The summed E-state index contributed by atoms with van der Waals surface area (Å²) in [6.07, 6.45) is 3.16. The van der Waals surface area contributed by atoms with E-state index < -0.39 is 6.10 Å². The minimum atomic E-state index is -0.443. The minimum absolute atomic E-state index is 0.245. The van der Waals surface area contributed by atoms with E-state index in [-0.39, 0.29) is 11.4 Å². The Morgan fingerprint density at radius 3 is 3.15 bits per heavy atom. The van der Waals surface area contributed by atoms with E-state index in [0.29, 0.717) is 13.0 Å². The summed E-state index contributed by atoms with van der Waals surface area (Å²) in [5.74, 6) is 0.245. The van der Waals surface area contributed by atoms with Crippen LogP contribution >= 0.6 is 0 Å². The molecule has 0 spiro atoms. The van der Waals surface area contributed by atoms with Crippen LogP contribution in [0.1, 0.15) is 13.3 Å². The lowest BCUT2D eigenvalue weighted by atomic mass is 10.3. The van der Waals surface area contributed by atoms with Crippen molar-refractivity contribution in [3.63, 3.8) is 0 Å². The standard InChI is InChI=1S/C8H13N3O2/c1-2-6(12)5-11-7-8(13)10-4-3-9-7/h3-4,6,12H,2,5H2,1H3,(H,9,11)(H,10,13). The van der Waals surface area contributed by atoms with Crippen LogP contribution in [-0.2, 0) is 0 Å². The topological polar surface area (TPSA) is 78.0 Å². The zero-order chi connectivity index (χ0) is 9.68. The lowest BCUT2D eigenvalue weighted by molar-refractivity contribution is 0.183. The predicted octanol–water partition coefficient (Wildman–Crippen LogP) is -0.0473.